The van der Waals surface area contributed by atoms with Crippen molar-refractivity contribution in [1.82, 2.24) is 4.90 Å². The lowest BCUT2D eigenvalue weighted by Crippen LogP contribution is -2.45. The van der Waals surface area contributed by atoms with Crippen LogP contribution in [0.1, 0.15) is 36.1 Å². The van der Waals surface area contributed by atoms with Crippen molar-refractivity contribution in [3.8, 4) is 6.07 Å². The molecule has 0 bridgehead atoms. The maximum atomic E-state index is 12.1. The Morgan fingerprint density at radius 3 is 2.76 bits per heavy atom. The van der Waals surface area contributed by atoms with Crippen molar-refractivity contribution < 1.29 is 14.3 Å². The van der Waals surface area contributed by atoms with Crippen molar-refractivity contribution in [2.45, 2.75) is 39.2 Å². The van der Waals surface area contributed by atoms with Crippen LogP contribution in [-0.4, -0.2) is 41.7 Å². The summed E-state index contributed by atoms with van der Waals surface area (Å²) in [4.78, 5) is 14.1. The van der Waals surface area contributed by atoms with Crippen molar-refractivity contribution in [2.75, 3.05) is 25.0 Å². The van der Waals surface area contributed by atoms with Gasteiger partial charge in [0.1, 0.15) is 17.4 Å². The number of nitrogens with zero attached hydrogens (tertiary/aromatic N) is 2. The molecule has 1 aromatic rings. The third-order valence-corrected chi connectivity index (χ3v) is 4.08. The van der Waals surface area contributed by atoms with E-state index in [1.165, 1.54) is 6.42 Å². The first kappa shape index (κ1) is 15.5. The highest BCUT2D eigenvalue weighted by molar-refractivity contribution is 5.92. The molecule has 6 heteroatoms. The molecule has 2 N–H and O–H groups in total. The summed E-state index contributed by atoms with van der Waals surface area (Å²) in [7, 11) is 0. The van der Waals surface area contributed by atoms with Crippen molar-refractivity contribution >= 4 is 11.8 Å². The summed E-state index contributed by atoms with van der Waals surface area (Å²) < 4.78 is 5.43. The molecule has 0 spiro atoms. The van der Waals surface area contributed by atoms with Gasteiger partial charge in [-0.25, -0.2) is 0 Å². The molecule has 2 rings (SSSR count). The number of amides is 1. The standard InChI is InChI=1S/C15H21N3O3/c1-10-11(2)21-15(13(10)8-16)17-14(20)9-18(6-7-19)12-4-3-5-12/h12,19H,3-7,9H2,1-2H3,(H,17,20). The van der Waals surface area contributed by atoms with E-state index in [4.69, 9.17) is 14.8 Å². The van der Waals surface area contributed by atoms with Gasteiger partial charge in [-0.15, -0.1) is 0 Å². The molecule has 114 valence electrons. The fourth-order valence-electron chi connectivity index (χ4n) is 2.47. The summed E-state index contributed by atoms with van der Waals surface area (Å²) in [5, 5.41) is 20.9. The Kier molecular flexibility index (Phi) is 4.99. The highest BCUT2D eigenvalue weighted by Crippen LogP contribution is 2.26. The van der Waals surface area contributed by atoms with Crippen LogP contribution in [0.5, 0.6) is 0 Å². The van der Waals surface area contributed by atoms with Crippen LogP contribution in [0.3, 0.4) is 0 Å². The second kappa shape index (κ2) is 6.74. The maximum Gasteiger partial charge on any atom is 0.240 e. The lowest BCUT2D eigenvalue weighted by atomic mass is 9.91. The summed E-state index contributed by atoms with van der Waals surface area (Å²) in [5.74, 6) is 0.628. The Bertz CT molecular complexity index is 555. The summed E-state index contributed by atoms with van der Waals surface area (Å²) in [6.45, 7) is 4.28. The number of nitriles is 1. The zero-order valence-electron chi connectivity index (χ0n) is 12.5. The Morgan fingerprint density at radius 1 is 1.52 bits per heavy atom. The summed E-state index contributed by atoms with van der Waals surface area (Å²) in [5.41, 5.74) is 1.12. The molecule has 0 unspecified atom stereocenters. The number of anilines is 1. The molecule has 1 saturated carbocycles. The van der Waals surface area contributed by atoms with Crippen LogP contribution < -0.4 is 5.32 Å². The lowest BCUT2D eigenvalue weighted by Gasteiger charge is -2.36. The van der Waals surface area contributed by atoms with Gasteiger partial charge in [0.25, 0.3) is 0 Å². The highest BCUT2D eigenvalue weighted by atomic mass is 16.4. The van der Waals surface area contributed by atoms with E-state index in [1.807, 2.05) is 4.90 Å². The largest absolute Gasteiger partial charge is 0.444 e. The molecular formula is C15H21N3O3. The van der Waals surface area contributed by atoms with E-state index in [9.17, 15) is 4.79 Å². The van der Waals surface area contributed by atoms with Gasteiger partial charge in [-0.2, -0.15) is 5.26 Å². The topological polar surface area (TPSA) is 89.5 Å². The maximum absolute atomic E-state index is 12.1. The number of aliphatic hydroxyl groups excluding tert-OH is 1. The summed E-state index contributed by atoms with van der Waals surface area (Å²) in [6.07, 6.45) is 3.30. The van der Waals surface area contributed by atoms with Gasteiger partial charge in [-0.05, 0) is 26.7 Å². The third-order valence-electron chi connectivity index (χ3n) is 4.08. The van der Waals surface area contributed by atoms with Crippen molar-refractivity contribution in [2.24, 2.45) is 0 Å². The normalized spacial score (nSPS) is 14.8. The van der Waals surface area contributed by atoms with E-state index in [2.05, 4.69) is 11.4 Å². The van der Waals surface area contributed by atoms with Crippen LogP contribution in [-0.2, 0) is 4.79 Å². The second-order valence-corrected chi connectivity index (χ2v) is 5.43. The van der Waals surface area contributed by atoms with Gasteiger partial charge in [0.05, 0.1) is 13.2 Å². The predicted octanol–water partition coefficient (Wildman–Crippen LogP) is 1.55. The zero-order valence-corrected chi connectivity index (χ0v) is 12.5. The van der Waals surface area contributed by atoms with Crippen molar-refractivity contribution in [3.05, 3.63) is 16.9 Å². The van der Waals surface area contributed by atoms with Gasteiger partial charge < -0.3 is 9.52 Å². The molecule has 0 atom stereocenters. The Labute approximate surface area is 124 Å². The van der Waals surface area contributed by atoms with E-state index in [1.54, 1.807) is 13.8 Å². The van der Waals surface area contributed by atoms with Gasteiger partial charge >= 0.3 is 0 Å². The molecule has 1 aliphatic carbocycles. The number of nitrogens with one attached hydrogen (secondary N) is 1. The van der Waals surface area contributed by atoms with Crippen LogP contribution >= 0.6 is 0 Å². The van der Waals surface area contributed by atoms with Crippen LogP contribution in [0.4, 0.5) is 5.88 Å². The molecule has 21 heavy (non-hydrogen) atoms. The Balaban J connectivity index is 2.00. The van der Waals surface area contributed by atoms with Crippen molar-refractivity contribution in [3.63, 3.8) is 0 Å². The first-order chi connectivity index (χ1) is 10.1. The third kappa shape index (κ3) is 3.43. The van der Waals surface area contributed by atoms with E-state index in [0.29, 0.717) is 23.9 Å². The molecule has 1 aliphatic rings. The van der Waals surface area contributed by atoms with Gasteiger partial charge in [-0.3, -0.25) is 15.0 Å². The minimum atomic E-state index is -0.222. The molecule has 6 nitrogen and oxygen atoms in total. The fraction of sp³-hybridized carbons (Fsp3) is 0.600. The van der Waals surface area contributed by atoms with E-state index in [-0.39, 0.29) is 24.9 Å². The SMILES string of the molecule is Cc1oc(NC(=O)CN(CCO)C2CCC2)c(C#N)c1C. The minimum Gasteiger partial charge on any atom is -0.444 e. The number of carbonyl (C=O) groups is 1. The molecule has 0 aromatic carbocycles. The molecule has 1 aromatic heterocycles. The van der Waals surface area contributed by atoms with Crippen LogP contribution in [0, 0.1) is 25.2 Å². The van der Waals surface area contributed by atoms with Gasteiger partial charge in [-0.1, -0.05) is 6.42 Å². The average Bonchev–Trinajstić information content (AvgIpc) is 2.62. The molecule has 1 amide bonds. The number of aryl methyl sites for hydroxylation is 1. The van der Waals surface area contributed by atoms with Gasteiger partial charge in [0, 0.05) is 18.2 Å². The number of hydrogen-bond donors (Lipinski definition) is 2. The number of furan rings is 1. The Morgan fingerprint density at radius 2 is 2.24 bits per heavy atom. The highest BCUT2D eigenvalue weighted by Gasteiger charge is 2.26. The molecule has 1 fully saturated rings. The van der Waals surface area contributed by atoms with Crippen molar-refractivity contribution in [1.29, 1.82) is 5.26 Å². The van der Waals surface area contributed by atoms with E-state index in [0.717, 1.165) is 18.4 Å². The molecule has 0 aliphatic heterocycles. The van der Waals surface area contributed by atoms with Gasteiger partial charge in [0.2, 0.25) is 11.8 Å². The zero-order chi connectivity index (χ0) is 15.4. The second-order valence-electron chi connectivity index (χ2n) is 5.43. The van der Waals surface area contributed by atoms with E-state index < -0.39 is 0 Å². The minimum absolute atomic E-state index is 0.0339. The first-order valence-corrected chi connectivity index (χ1v) is 7.21. The first-order valence-electron chi connectivity index (χ1n) is 7.21. The number of carbonyl (C=O) groups excluding carboxylic acids is 1. The quantitative estimate of drug-likeness (QED) is 0.830. The lowest BCUT2D eigenvalue weighted by molar-refractivity contribution is -0.118. The Hall–Kier alpha value is -1.84. The van der Waals surface area contributed by atoms with Gasteiger partial charge in [0.15, 0.2) is 0 Å². The smallest absolute Gasteiger partial charge is 0.240 e. The predicted molar refractivity (Wildman–Crippen MR) is 77.8 cm³/mol. The monoisotopic (exact) mass is 291 g/mol. The number of hydrogen-bond acceptors (Lipinski definition) is 5. The van der Waals surface area contributed by atoms with E-state index >= 15 is 0 Å². The summed E-state index contributed by atoms with van der Waals surface area (Å²) >= 11 is 0. The number of rotatable bonds is 6. The average molecular weight is 291 g/mol. The number of aliphatic hydroxyl groups is 1. The molecule has 1 heterocycles. The van der Waals surface area contributed by atoms with Crippen LogP contribution in [0.2, 0.25) is 0 Å². The molecule has 0 radical (unpaired) electrons. The molecule has 0 saturated heterocycles. The summed E-state index contributed by atoms with van der Waals surface area (Å²) in [6, 6.07) is 2.43. The van der Waals surface area contributed by atoms with Crippen LogP contribution in [0.15, 0.2) is 4.42 Å². The molecular weight excluding hydrogens is 270 g/mol. The van der Waals surface area contributed by atoms with Crippen LogP contribution in [0.25, 0.3) is 0 Å². The fourth-order valence-corrected chi connectivity index (χ4v) is 2.47.